The van der Waals surface area contributed by atoms with Crippen LogP contribution in [0.25, 0.3) is 0 Å². The zero-order valence-electron chi connectivity index (χ0n) is 17.0. The average Bonchev–Trinajstić information content (AvgIpc) is 2.60. The van der Waals surface area contributed by atoms with Crippen molar-refractivity contribution in [3.05, 3.63) is 29.8 Å². The molecule has 5 nitrogen and oxygen atoms in total. The third kappa shape index (κ3) is 5.25. The summed E-state index contributed by atoms with van der Waals surface area (Å²) in [7, 11) is 3.53. The SMILES string of the molecule is CN=C(NCCCOCc1ccc(OC)cc1)N1CC(C)(C)C1(C)C.I. The van der Waals surface area contributed by atoms with E-state index in [2.05, 4.69) is 42.9 Å². The maximum Gasteiger partial charge on any atom is 0.194 e. The summed E-state index contributed by atoms with van der Waals surface area (Å²) in [5, 5.41) is 3.46. The largest absolute Gasteiger partial charge is 0.497 e. The Balaban J connectivity index is 0.00000338. The molecule has 6 heteroatoms. The second-order valence-corrected chi connectivity index (χ2v) is 7.76. The van der Waals surface area contributed by atoms with E-state index in [1.54, 1.807) is 7.11 Å². The summed E-state index contributed by atoms with van der Waals surface area (Å²) in [5.74, 6) is 1.86. The molecule has 0 atom stereocenters. The van der Waals surface area contributed by atoms with Crippen LogP contribution in [0, 0.1) is 5.41 Å². The lowest BCUT2D eigenvalue weighted by Gasteiger charge is -2.62. The third-order valence-corrected chi connectivity index (χ3v) is 5.53. The first-order chi connectivity index (χ1) is 11.8. The van der Waals surface area contributed by atoms with Crippen molar-refractivity contribution in [3.63, 3.8) is 0 Å². The predicted molar refractivity (Wildman–Crippen MR) is 119 cm³/mol. The van der Waals surface area contributed by atoms with Crippen LogP contribution in [0.1, 0.15) is 39.7 Å². The van der Waals surface area contributed by atoms with Gasteiger partial charge < -0.3 is 19.7 Å². The zero-order valence-corrected chi connectivity index (χ0v) is 19.3. The van der Waals surface area contributed by atoms with Crippen molar-refractivity contribution in [3.8, 4) is 5.75 Å². The Kier molecular flexibility index (Phi) is 8.66. The molecule has 1 fully saturated rings. The van der Waals surface area contributed by atoms with Crippen molar-refractivity contribution in [2.24, 2.45) is 10.4 Å². The second-order valence-electron chi connectivity index (χ2n) is 7.76. The minimum Gasteiger partial charge on any atom is -0.497 e. The highest BCUT2D eigenvalue weighted by atomic mass is 127. The van der Waals surface area contributed by atoms with Crippen LogP contribution >= 0.6 is 24.0 Å². The number of nitrogens with zero attached hydrogens (tertiary/aromatic N) is 2. The molecule has 1 saturated heterocycles. The molecule has 1 aliphatic rings. The van der Waals surface area contributed by atoms with Crippen LogP contribution in [0.2, 0.25) is 0 Å². The molecule has 0 amide bonds. The molecule has 0 radical (unpaired) electrons. The van der Waals surface area contributed by atoms with Gasteiger partial charge in [0.2, 0.25) is 0 Å². The summed E-state index contributed by atoms with van der Waals surface area (Å²) >= 11 is 0. The Labute approximate surface area is 175 Å². The van der Waals surface area contributed by atoms with Gasteiger partial charge in [0.05, 0.1) is 13.7 Å². The van der Waals surface area contributed by atoms with Gasteiger partial charge in [-0.25, -0.2) is 0 Å². The van der Waals surface area contributed by atoms with E-state index >= 15 is 0 Å². The topological polar surface area (TPSA) is 46.1 Å². The van der Waals surface area contributed by atoms with Gasteiger partial charge >= 0.3 is 0 Å². The van der Waals surface area contributed by atoms with Crippen molar-refractivity contribution in [1.82, 2.24) is 10.2 Å². The summed E-state index contributed by atoms with van der Waals surface area (Å²) in [5.41, 5.74) is 1.60. The number of methoxy groups -OCH3 is 1. The van der Waals surface area contributed by atoms with E-state index in [0.29, 0.717) is 12.0 Å². The van der Waals surface area contributed by atoms with E-state index in [0.717, 1.165) is 43.4 Å². The van der Waals surface area contributed by atoms with Crippen molar-refractivity contribution in [1.29, 1.82) is 0 Å². The minimum absolute atomic E-state index is 0. The van der Waals surface area contributed by atoms with E-state index in [-0.39, 0.29) is 29.5 Å². The van der Waals surface area contributed by atoms with E-state index in [9.17, 15) is 0 Å². The van der Waals surface area contributed by atoms with Gasteiger partial charge in [-0.3, -0.25) is 4.99 Å². The van der Waals surface area contributed by atoms with Crippen molar-refractivity contribution in [2.75, 3.05) is 33.9 Å². The summed E-state index contributed by atoms with van der Waals surface area (Å²) in [6, 6.07) is 7.99. The molecule has 1 aliphatic heterocycles. The number of nitrogens with one attached hydrogen (secondary N) is 1. The van der Waals surface area contributed by atoms with Crippen LogP contribution in [-0.4, -0.2) is 50.3 Å². The number of hydrogen-bond donors (Lipinski definition) is 1. The Morgan fingerprint density at radius 1 is 1.19 bits per heavy atom. The quantitative estimate of drug-likeness (QED) is 0.281. The van der Waals surface area contributed by atoms with Crippen LogP contribution in [0.5, 0.6) is 5.75 Å². The Bertz CT molecular complexity index is 585. The van der Waals surface area contributed by atoms with Gasteiger partial charge in [-0.05, 0) is 38.0 Å². The normalized spacial score (nSPS) is 17.9. The third-order valence-electron chi connectivity index (χ3n) is 5.53. The van der Waals surface area contributed by atoms with Gasteiger partial charge in [0.1, 0.15) is 5.75 Å². The van der Waals surface area contributed by atoms with E-state index in [1.807, 2.05) is 31.3 Å². The molecule has 0 aromatic heterocycles. The van der Waals surface area contributed by atoms with Crippen molar-refractivity contribution in [2.45, 2.75) is 46.3 Å². The molecule has 1 aromatic rings. The van der Waals surface area contributed by atoms with Gasteiger partial charge in [0.15, 0.2) is 5.96 Å². The summed E-state index contributed by atoms with van der Waals surface area (Å²) in [6.07, 6.45) is 0.951. The highest BCUT2D eigenvalue weighted by molar-refractivity contribution is 14.0. The van der Waals surface area contributed by atoms with Gasteiger partial charge in [-0.1, -0.05) is 26.0 Å². The first-order valence-electron chi connectivity index (χ1n) is 9.01. The van der Waals surface area contributed by atoms with E-state index < -0.39 is 0 Å². The number of rotatable bonds is 7. The smallest absolute Gasteiger partial charge is 0.194 e. The Morgan fingerprint density at radius 3 is 2.35 bits per heavy atom. The average molecular weight is 475 g/mol. The molecule has 0 unspecified atom stereocenters. The van der Waals surface area contributed by atoms with Gasteiger partial charge in [0, 0.05) is 37.7 Å². The maximum atomic E-state index is 5.75. The van der Waals surface area contributed by atoms with Crippen LogP contribution in [0.3, 0.4) is 0 Å². The Hall–Kier alpha value is -1.02. The summed E-state index contributed by atoms with van der Waals surface area (Å²) < 4.78 is 10.9. The van der Waals surface area contributed by atoms with E-state index in [1.165, 1.54) is 0 Å². The maximum absolute atomic E-state index is 5.75. The zero-order chi connectivity index (χ0) is 18.5. The number of ether oxygens (including phenoxy) is 2. The number of aliphatic imine (C=N–C) groups is 1. The molecular weight excluding hydrogens is 441 g/mol. The molecule has 148 valence electrons. The fourth-order valence-corrected chi connectivity index (χ4v) is 2.98. The predicted octanol–water partition coefficient (Wildman–Crippen LogP) is 3.92. The Morgan fingerprint density at radius 2 is 1.85 bits per heavy atom. The highest BCUT2D eigenvalue weighted by Crippen LogP contribution is 2.46. The van der Waals surface area contributed by atoms with Gasteiger partial charge in [0.25, 0.3) is 0 Å². The lowest BCUT2D eigenvalue weighted by Crippen LogP contribution is -2.72. The number of benzene rings is 1. The van der Waals surface area contributed by atoms with Crippen molar-refractivity contribution >= 4 is 29.9 Å². The highest BCUT2D eigenvalue weighted by Gasteiger charge is 2.53. The van der Waals surface area contributed by atoms with Crippen LogP contribution in [-0.2, 0) is 11.3 Å². The van der Waals surface area contributed by atoms with Gasteiger partial charge in [-0.15, -0.1) is 24.0 Å². The molecule has 0 bridgehead atoms. The molecule has 26 heavy (non-hydrogen) atoms. The lowest BCUT2D eigenvalue weighted by atomic mass is 9.65. The summed E-state index contributed by atoms with van der Waals surface area (Å²) in [4.78, 5) is 6.78. The molecule has 0 aliphatic carbocycles. The fourth-order valence-electron chi connectivity index (χ4n) is 2.98. The molecular formula is C20H34IN3O2. The second kappa shape index (κ2) is 9.78. The fraction of sp³-hybridized carbons (Fsp3) is 0.650. The van der Waals surface area contributed by atoms with Gasteiger partial charge in [-0.2, -0.15) is 0 Å². The molecule has 0 saturated carbocycles. The number of guanidine groups is 1. The number of halogens is 1. The first kappa shape index (κ1) is 23.0. The van der Waals surface area contributed by atoms with Crippen molar-refractivity contribution < 1.29 is 9.47 Å². The molecule has 1 N–H and O–H groups in total. The monoisotopic (exact) mass is 475 g/mol. The standard InChI is InChI=1S/C20H33N3O2.HI/c1-19(2)15-23(20(19,3)4)18(21-5)22-12-7-13-25-14-16-8-10-17(24-6)11-9-16;/h8-11H,7,12-15H2,1-6H3,(H,21,22);1H. The molecule has 1 heterocycles. The van der Waals surface area contributed by atoms with Crippen LogP contribution in [0.15, 0.2) is 29.3 Å². The number of likely N-dealkylation sites (tertiary alicyclic amines) is 1. The van der Waals surface area contributed by atoms with Crippen LogP contribution in [0.4, 0.5) is 0 Å². The minimum atomic E-state index is 0. The molecule has 1 aromatic carbocycles. The van der Waals surface area contributed by atoms with E-state index in [4.69, 9.17) is 9.47 Å². The molecule has 2 rings (SSSR count). The number of hydrogen-bond acceptors (Lipinski definition) is 3. The first-order valence-corrected chi connectivity index (χ1v) is 9.01. The lowest BCUT2D eigenvalue weighted by molar-refractivity contribution is -0.0667. The van der Waals surface area contributed by atoms with Crippen LogP contribution < -0.4 is 10.1 Å². The molecule has 0 spiro atoms. The summed E-state index contributed by atoms with van der Waals surface area (Å²) in [6.45, 7) is 12.4.